The van der Waals surface area contributed by atoms with E-state index >= 15 is 0 Å². The molecule has 1 amide bonds. The number of carbonyl (C=O) groups is 1. The van der Waals surface area contributed by atoms with Crippen LogP contribution in [0.25, 0.3) is 0 Å². The van der Waals surface area contributed by atoms with Crippen molar-refractivity contribution in [1.29, 1.82) is 0 Å². The SMILES string of the molecule is CC12CC3CC(C)(C1)CC(C(=O)NCC1(CN)CC1)(C3)C2. The molecule has 2 unspecified atom stereocenters. The maximum absolute atomic E-state index is 13.0. The summed E-state index contributed by atoms with van der Waals surface area (Å²) in [5.74, 6) is 1.13. The van der Waals surface area contributed by atoms with Crippen LogP contribution in [-0.2, 0) is 4.79 Å². The molecule has 5 rings (SSSR count). The van der Waals surface area contributed by atoms with Gasteiger partial charge in [0.1, 0.15) is 0 Å². The second-order valence-corrected chi connectivity index (χ2v) is 9.80. The lowest BCUT2D eigenvalue weighted by molar-refractivity contribution is -0.170. The average Bonchev–Trinajstić information content (AvgIpc) is 3.12. The van der Waals surface area contributed by atoms with E-state index in [2.05, 4.69) is 19.2 Å². The van der Waals surface area contributed by atoms with Crippen molar-refractivity contribution in [3.8, 4) is 0 Å². The summed E-state index contributed by atoms with van der Waals surface area (Å²) in [4.78, 5) is 13.0. The third-order valence-electron chi connectivity index (χ3n) is 7.12. The highest BCUT2D eigenvalue weighted by Gasteiger charge is 2.62. The summed E-state index contributed by atoms with van der Waals surface area (Å²) < 4.78 is 0. The molecule has 3 N–H and O–H groups in total. The van der Waals surface area contributed by atoms with E-state index in [0.29, 0.717) is 16.7 Å². The molecule has 2 atom stereocenters. The topological polar surface area (TPSA) is 55.1 Å². The molecule has 4 bridgehead atoms. The highest BCUT2D eigenvalue weighted by molar-refractivity contribution is 5.83. The molecule has 5 aliphatic rings. The highest BCUT2D eigenvalue weighted by atomic mass is 16.2. The normalized spacial score (nSPS) is 49.2. The zero-order chi connectivity index (χ0) is 14.9. The standard InChI is InChI=1S/C18H30N2O/c1-15-5-13-6-16(2,8-15)10-18(7-13,9-15)14(21)20-12-17(11-19)3-4-17/h13H,3-12,19H2,1-2H3,(H,20,21). The molecule has 0 radical (unpaired) electrons. The van der Waals surface area contributed by atoms with E-state index in [-0.39, 0.29) is 10.8 Å². The van der Waals surface area contributed by atoms with Crippen molar-refractivity contribution in [2.75, 3.05) is 13.1 Å². The zero-order valence-electron chi connectivity index (χ0n) is 13.6. The lowest BCUT2D eigenvalue weighted by Gasteiger charge is -2.64. The Morgan fingerprint density at radius 3 is 2.19 bits per heavy atom. The highest BCUT2D eigenvalue weighted by Crippen LogP contribution is 2.69. The van der Waals surface area contributed by atoms with Crippen LogP contribution < -0.4 is 11.1 Å². The first-order chi connectivity index (χ1) is 9.80. The van der Waals surface area contributed by atoms with Crippen LogP contribution in [-0.4, -0.2) is 19.0 Å². The third-order valence-corrected chi connectivity index (χ3v) is 7.12. The van der Waals surface area contributed by atoms with Gasteiger partial charge < -0.3 is 11.1 Å². The lowest BCUT2D eigenvalue weighted by Crippen LogP contribution is -2.60. The van der Waals surface area contributed by atoms with Crippen molar-refractivity contribution in [3.63, 3.8) is 0 Å². The van der Waals surface area contributed by atoms with Gasteiger partial charge in [0.15, 0.2) is 0 Å². The summed E-state index contributed by atoms with van der Waals surface area (Å²) in [6, 6.07) is 0. The monoisotopic (exact) mass is 290 g/mol. The molecule has 0 aromatic carbocycles. The van der Waals surface area contributed by atoms with Crippen molar-refractivity contribution < 1.29 is 4.79 Å². The van der Waals surface area contributed by atoms with Crippen molar-refractivity contribution in [2.24, 2.45) is 33.3 Å². The number of amides is 1. The van der Waals surface area contributed by atoms with E-state index in [1.165, 1.54) is 32.1 Å². The number of nitrogens with two attached hydrogens (primary N) is 1. The largest absolute Gasteiger partial charge is 0.355 e. The minimum Gasteiger partial charge on any atom is -0.355 e. The maximum atomic E-state index is 13.0. The molecule has 0 heterocycles. The number of carbonyl (C=O) groups excluding carboxylic acids is 1. The van der Waals surface area contributed by atoms with Crippen molar-refractivity contribution in [1.82, 2.24) is 5.32 Å². The summed E-state index contributed by atoms with van der Waals surface area (Å²) in [7, 11) is 0. The Morgan fingerprint density at radius 2 is 1.71 bits per heavy atom. The molecule has 0 spiro atoms. The fourth-order valence-corrected chi connectivity index (χ4v) is 6.79. The van der Waals surface area contributed by atoms with E-state index < -0.39 is 0 Å². The molecule has 5 aliphatic carbocycles. The van der Waals surface area contributed by atoms with Crippen LogP contribution in [0.2, 0.25) is 0 Å². The molecule has 21 heavy (non-hydrogen) atoms. The molecular formula is C18H30N2O. The van der Waals surface area contributed by atoms with Gasteiger partial charge in [-0.1, -0.05) is 13.8 Å². The van der Waals surface area contributed by atoms with Gasteiger partial charge in [-0.25, -0.2) is 0 Å². The first kappa shape index (κ1) is 14.0. The summed E-state index contributed by atoms with van der Waals surface area (Å²) in [5, 5.41) is 3.31. The summed E-state index contributed by atoms with van der Waals surface area (Å²) >= 11 is 0. The first-order valence-electron chi connectivity index (χ1n) is 8.79. The van der Waals surface area contributed by atoms with Gasteiger partial charge >= 0.3 is 0 Å². The minimum absolute atomic E-state index is 0.0619. The molecule has 5 saturated carbocycles. The molecule has 3 nitrogen and oxygen atoms in total. The van der Waals surface area contributed by atoms with Gasteiger partial charge in [-0.3, -0.25) is 4.79 Å². The molecule has 0 aromatic heterocycles. The first-order valence-corrected chi connectivity index (χ1v) is 8.79. The minimum atomic E-state index is -0.0619. The molecule has 0 aromatic rings. The summed E-state index contributed by atoms with van der Waals surface area (Å²) in [6.07, 6.45) is 9.79. The Balaban J connectivity index is 1.52. The Labute approximate surface area is 128 Å². The molecule has 3 heteroatoms. The van der Waals surface area contributed by atoms with Gasteiger partial charge in [0, 0.05) is 6.54 Å². The summed E-state index contributed by atoms with van der Waals surface area (Å²) in [5.41, 5.74) is 6.86. The van der Waals surface area contributed by atoms with Gasteiger partial charge in [-0.2, -0.15) is 0 Å². The smallest absolute Gasteiger partial charge is 0.226 e. The molecule has 118 valence electrons. The molecule has 0 saturated heterocycles. The molecule has 0 aliphatic heterocycles. The van der Waals surface area contributed by atoms with Crippen molar-refractivity contribution in [2.45, 2.75) is 65.2 Å². The predicted molar refractivity (Wildman–Crippen MR) is 83.6 cm³/mol. The number of hydrogen-bond acceptors (Lipinski definition) is 2. The fraction of sp³-hybridized carbons (Fsp3) is 0.944. The maximum Gasteiger partial charge on any atom is 0.226 e. The second-order valence-electron chi connectivity index (χ2n) is 9.80. The van der Waals surface area contributed by atoms with Crippen LogP contribution in [0.5, 0.6) is 0 Å². The molecule has 5 fully saturated rings. The third kappa shape index (κ3) is 2.15. The van der Waals surface area contributed by atoms with E-state index in [0.717, 1.165) is 38.3 Å². The summed E-state index contributed by atoms with van der Waals surface area (Å²) in [6.45, 7) is 6.39. The van der Waals surface area contributed by atoms with Gasteiger partial charge in [0.25, 0.3) is 0 Å². The Morgan fingerprint density at radius 1 is 1.10 bits per heavy atom. The predicted octanol–water partition coefficient (Wildman–Crippen LogP) is 2.84. The van der Waals surface area contributed by atoms with Crippen LogP contribution in [0.15, 0.2) is 0 Å². The van der Waals surface area contributed by atoms with E-state index in [4.69, 9.17) is 5.73 Å². The Kier molecular flexibility index (Phi) is 2.70. The van der Waals surface area contributed by atoms with E-state index in [1.807, 2.05) is 0 Å². The van der Waals surface area contributed by atoms with Crippen molar-refractivity contribution >= 4 is 5.91 Å². The van der Waals surface area contributed by atoms with Crippen molar-refractivity contribution in [3.05, 3.63) is 0 Å². The van der Waals surface area contributed by atoms with Gasteiger partial charge in [0.2, 0.25) is 5.91 Å². The Hall–Kier alpha value is -0.570. The van der Waals surface area contributed by atoms with Gasteiger partial charge in [0.05, 0.1) is 5.41 Å². The number of hydrogen-bond donors (Lipinski definition) is 2. The van der Waals surface area contributed by atoms with Gasteiger partial charge in [-0.15, -0.1) is 0 Å². The number of nitrogens with one attached hydrogen (secondary N) is 1. The van der Waals surface area contributed by atoms with E-state index in [9.17, 15) is 4.79 Å². The van der Waals surface area contributed by atoms with E-state index in [1.54, 1.807) is 0 Å². The quantitative estimate of drug-likeness (QED) is 0.836. The Bertz CT molecular complexity index is 464. The van der Waals surface area contributed by atoms with Crippen LogP contribution in [0.1, 0.15) is 65.2 Å². The van der Waals surface area contributed by atoms with Crippen LogP contribution >= 0.6 is 0 Å². The fourth-order valence-electron chi connectivity index (χ4n) is 6.79. The zero-order valence-corrected chi connectivity index (χ0v) is 13.6. The lowest BCUT2D eigenvalue weighted by atomic mass is 9.40. The number of rotatable bonds is 4. The van der Waals surface area contributed by atoms with Gasteiger partial charge in [-0.05, 0) is 80.1 Å². The average molecular weight is 290 g/mol. The van der Waals surface area contributed by atoms with Crippen LogP contribution in [0.4, 0.5) is 0 Å². The van der Waals surface area contributed by atoms with Crippen LogP contribution in [0, 0.1) is 27.6 Å². The van der Waals surface area contributed by atoms with Crippen LogP contribution in [0.3, 0.4) is 0 Å². The molecular weight excluding hydrogens is 260 g/mol. The second kappa shape index (κ2) is 4.04.